The molecule has 9 rings (SSSR count). The van der Waals surface area contributed by atoms with E-state index in [0.29, 0.717) is 21.9 Å². The van der Waals surface area contributed by atoms with Crippen molar-refractivity contribution in [1.29, 1.82) is 0 Å². The summed E-state index contributed by atoms with van der Waals surface area (Å²) in [5.74, 6) is -7.65. The van der Waals surface area contributed by atoms with Gasteiger partial charge in [0.05, 0.1) is 39.5 Å². The molecule has 2 N–H and O–H groups in total. The molecule has 0 unspecified atom stereocenters. The Morgan fingerprint density at radius 2 is 1.61 bits per heavy atom. The van der Waals surface area contributed by atoms with Gasteiger partial charge in [0.15, 0.2) is 0 Å². The molecule has 5 aromatic carbocycles. The Hall–Kier alpha value is -6.86. The van der Waals surface area contributed by atoms with E-state index >= 15 is 4.79 Å². The molecule has 12 nitrogen and oxygen atoms in total. The lowest BCUT2D eigenvalue weighted by Crippen LogP contribution is -2.53. The smallest absolute Gasteiger partial charge is 0.271 e. The van der Waals surface area contributed by atoms with Crippen molar-refractivity contribution in [2.45, 2.75) is 30.8 Å². The molecule has 296 valence electrons. The van der Waals surface area contributed by atoms with Crippen LogP contribution < -0.4 is 15.1 Å². The van der Waals surface area contributed by atoms with Crippen molar-refractivity contribution in [3.8, 4) is 11.5 Å². The average molecular weight is 813 g/mol. The van der Waals surface area contributed by atoms with Crippen LogP contribution in [0.5, 0.6) is 11.5 Å². The number of amides is 4. The average Bonchev–Trinajstić information content (AvgIpc) is 3.62. The van der Waals surface area contributed by atoms with Gasteiger partial charge >= 0.3 is 0 Å². The third-order valence-corrected chi connectivity index (χ3v) is 12.4. The Labute approximate surface area is 341 Å². The number of allylic oxidation sites excluding steroid dienone is 2. The lowest BCUT2D eigenvalue weighted by molar-refractivity contribution is -0.384. The molecular weight excluding hydrogens is 779 g/mol. The fraction of sp³-hybridized carbons (Fsp3) is 0.200. The second-order valence-electron chi connectivity index (χ2n) is 15.2. The highest BCUT2D eigenvalue weighted by Crippen LogP contribution is 2.65. The van der Waals surface area contributed by atoms with Crippen LogP contribution >= 0.6 is 11.6 Å². The molecule has 6 atom stereocenters. The van der Waals surface area contributed by atoms with Crippen LogP contribution in [0.15, 0.2) is 133 Å². The highest BCUT2D eigenvalue weighted by atomic mass is 35.5. The second-order valence-corrected chi connectivity index (χ2v) is 15.6. The molecule has 4 amide bonds. The Balaban J connectivity index is 1.20. The van der Waals surface area contributed by atoms with Crippen molar-refractivity contribution in [2.24, 2.45) is 23.7 Å². The quantitative estimate of drug-likeness (QED) is 0.0654. The first kappa shape index (κ1) is 37.7. The van der Waals surface area contributed by atoms with E-state index in [1.807, 2.05) is 36.4 Å². The highest BCUT2D eigenvalue weighted by Gasteiger charge is 2.70. The summed E-state index contributed by atoms with van der Waals surface area (Å²) in [7, 11) is 0. The molecule has 0 spiro atoms. The summed E-state index contributed by atoms with van der Waals surface area (Å²) in [5.41, 5.74) is 3.39. The second kappa shape index (κ2) is 14.5. The van der Waals surface area contributed by atoms with Gasteiger partial charge in [-0.25, -0.2) is 9.29 Å². The van der Waals surface area contributed by atoms with E-state index in [0.717, 1.165) is 15.5 Å². The van der Waals surface area contributed by atoms with Crippen LogP contribution in [0.25, 0.3) is 0 Å². The normalized spacial score (nSPS) is 24.6. The number of halogens is 2. The summed E-state index contributed by atoms with van der Waals surface area (Å²) in [6, 6.07) is 31.2. The third kappa shape index (κ3) is 6.11. The van der Waals surface area contributed by atoms with Gasteiger partial charge in [-0.3, -0.25) is 34.7 Å². The maximum Gasteiger partial charge on any atom is 0.271 e. The summed E-state index contributed by atoms with van der Waals surface area (Å²) >= 11 is 6.39. The minimum absolute atomic E-state index is 0.0425. The number of hydrogen-bond acceptors (Lipinski definition) is 9. The number of hydrazine groups is 1. The number of phenolic OH excluding ortho intramolecular Hbond substituents is 1. The number of benzene rings is 5. The van der Waals surface area contributed by atoms with Gasteiger partial charge in [-0.15, -0.1) is 0 Å². The topological polar surface area (TPSA) is 159 Å². The predicted molar refractivity (Wildman–Crippen MR) is 213 cm³/mol. The van der Waals surface area contributed by atoms with Crippen LogP contribution in [0.1, 0.15) is 35.4 Å². The number of nitro groups is 1. The molecule has 2 aliphatic heterocycles. The van der Waals surface area contributed by atoms with E-state index in [1.54, 1.807) is 36.4 Å². The minimum atomic E-state index is -1.72. The van der Waals surface area contributed by atoms with Crippen molar-refractivity contribution in [1.82, 2.24) is 5.01 Å². The lowest BCUT2D eigenvalue weighted by atomic mass is 9.49. The highest BCUT2D eigenvalue weighted by molar-refractivity contribution is 6.30. The first-order valence-electron chi connectivity index (χ1n) is 19.0. The number of nitrogens with one attached hydrogen (secondary N) is 1. The molecule has 14 heteroatoms. The van der Waals surface area contributed by atoms with Crippen molar-refractivity contribution >= 4 is 52.3 Å². The molecule has 3 fully saturated rings. The maximum absolute atomic E-state index is 15.4. The van der Waals surface area contributed by atoms with Crippen molar-refractivity contribution in [2.75, 3.05) is 10.3 Å². The number of aromatic hydroxyl groups is 1. The summed E-state index contributed by atoms with van der Waals surface area (Å²) in [6.45, 7) is 0.213. The number of imide groups is 2. The largest absolute Gasteiger partial charge is 0.508 e. The van der Waals surface area contributed by atoms with Gasteiger partial charge in [0, 0.05) is 34.7 Å². The number of carbonyl (C=O) groups is 4. The molecule has 5 aromatic rings. The van der Waals surface area contributed by atoms with Gasteiger partial charge in [-0.2, -0.15) is 5.01 Å². The zero-order chi connectivity index (χ0) is 41.2. The van der Waals surface area contributed by atoms with Crippen LogP contribution in [-0.4, -0.2) is 38.7 Å². The third-order valence-electron chi connectivity index (χ3n) is 12.1. The van der Waals surface area contributed by atoms with Gasteiger partial charge in [0.25, 0.3) is 17.5 Å². The first-order valence-corrected chi connectivity index (χ1v) is 19.3. The number of non-ortho nitro benzene ring substituents is 1. The van der Waals surface area contributed by atoms with Crippen molar-refractivity contribution in [3.05, 3.63) is 171 Å². The van der Waals surface area contributed by atoms with Gasteiger partial charge in [0.1, 0.15) is 23.9 Å². The summed E-state index contributed by atoms with van der Waals surface area (Å²) in [6.07, 6.45) is 1.88. The monoisotopic (exact) mass is 812 g/mol. The van der Waals surface area contributed by atoms with Gasteiger partial charge < -0.3 is 9.84 Å². The Bertz CT molecular complexity index is 2590. The number of rotatable bonds is 9. The van der Waals surface area contributed by atoms with Crippen LogP contribution in [-0.2, 0) is 31.2 Å². The van der Waals surface area contributed by atoms with E-state index in [2.05, 4.69) is 5.43 Å². The molecule has 1 saturated carbocycles. The zero-order valence-electron chi connectivity index (χ0n) is 31.0. The molecule has 2 saturated heterocycles. The Morgan fingerprint density at radius 1 is 0.864 bits per heavy atom. The molecule has 59 heavy (non-hydrogen) atoms. The number of phenols is 1. The number of nitrogens with zero attached hydrogens (tertiary/aromatic N) is 3. The van der Waals surface area contributed by atoms with E-state index < -0.39 is 69.4 Å². The Morgan fingerprint density at radius 3 is 2.32 bits per heavy atom. The lowest BCUT2D eigenvalue weighted by Gasteiger charge is -2.50. The van der Waals surface area contributed by atoms with Crippen molar-refractivity contribution in [3.63, 3.8) is 0 Å². The fourth-order valence-corrected chi connectivity index (χ4v) is 9.72. The van der Waals surface area contributed by atoms with Gasteiger partial charge in [0.2, 0.25) is 11.8 Å². The van der Waals surface area contributed by atoms with Crippen LogP contribution in [0.2, 0.25) is 5.02 Å². The van der Waals surface area contributed by atoms with Crippen LogP contribution in [0.3, 0.4) is 0 Å². The summed E-state index contributed by atoms with van der Waals surface area (Å²) in [4.78, 5) is 71.1. The molecule has 2 aliphatic carbocycles. The number of ether oxygens (including phenoxy) is 1. The predicted octanol–water partition coefficient (Wildman–Crippen LogP) is 7.86. The minimum Gasteiger partial charge on any atom is -0.508 e. The van der Waals surface area contributed by atoms with Crippen LogP contribution in [0, 0.1) is 39.6 Å². The standard InChI is InChI=1S/C45H34ClFN4O8/c46-27-11-9-26(10-12-27)45-37(42(54)50(44(45)56)48-29-15-13-28(47)14-16-29)23-36-33(40(45)34-18-17-32(22-38(34)52)59-24-25-5-2-1-3-6-25)19-20-35-39(36)43(55)49(41(35)53)30-7-4-8-31(21-30)51(57)58/h1-19,21-22,35-37,39-40,48,52H,20,23-24H2/t35-,36+,37-,39-,40+,45+/m0/s1. The summed E-state index contributed by atoms with van der Waals surface area (Å²) in [5, 5.41) is 25.0. The zero-order valence-corrected chi connectivity index (χ0v) is 31.8. The molecule has 4 aliphatic rings. The first-order chi connectivity index (χ1) is 28.5. The van der Waals surface area contributed by atoms with E-state index in [9.17, 15) is 34.0 Å². The summed E-state index contributed by atoms with van der Waals surface area (Å²) < 4.78 is 20.0. The maximum atomic E-state index is 15.4. The molecule has 0 bridgehead atoms. The molecular formula is C45H34ClFN4O8. The van der Waals surface area contributed by atoms with E-state index in [1.165, 1.54) is 54.6 Å². The fourth-order valence-electron chi connectivity index (χ4n) is 9.60. The van der Waals surface area contributed by atoms with Gasteiger partial charge in [-0.1, -0.05) is 77.8 Å². The number of anilines is 2. The number of carbonyl (C=O) groups excluding carboxylic acids is 4. The Kier molecular flexibility index (Phi) is 9.27. The van der Waals surface area contributed by atoms with Gasteiger partial charge in [-0.05, 0) is 78.4 Å². The number of nitro benzene ring substituents is 1. The van der Waals surface area contributed by atoms with Crippen molar-refractivity contribution < 1.29 is 38.3 Å². The van der Waals surface area contributed by atoms with E-state index in [4.69, 9.17) is 16.3 Å². The molecule has 0 radical (unpaired) electrons. The number of hydrogen-bond donors (Lipinski definition) is 2. The SMILES string of the molecule is O=C1[C@@H]2C[C@@H]3C(=CC[C@@H]4C(=O)N(c5cccc([N+](=O)[O-])c5)C(=O)[C@@H]43)[C@H](c3ccc(OCc4ccccc4)cc3O)[C@]2(c2ccc(Cl)cc2)C(=O)N1Nc1ccc(F)cc1. The molecule has 0 aromatic heterocycles. The van der Waals surface area contributed by atoms with E-state index in [-0.39, 0.29) is 47.8 Å². The van der Waals surface area contributed by atoms with Crippen LogP contribution in [0.4, 0.5) is 21.5 Å². The number of fused-ring (bicyclic) bond motifs is 4. The molecule has 2 heterocycles.